The highest BCUT2D eigenvalue weighted by Crippen LogP contribution is 2.68. The number of amides is 3. The van der Waals surface area contributed by atoms with E-state index in [0.717, 1.165) is 27.5 Å². The topological polar surface area (TPSA) is 152 Å². The highest BCUT2D eigenvalue weighted by Gasteiger charge is 2.69. The molecule has 1 saturated heterocycles. The molecule has 0 spiro atoms. The van der Waals surface area contributed by atoms with Gasteiger partial charge in [0, 0.05) is 33.9 Å². The van der Waals surface area contributed by atoms with Crippen LogP contribution in [0, 0.1) is 46.6 Å². The van der Waals surface area contributed by atoms with Crippen LogP contribution in [0.5, 0.6) is 5.75 Å². The summed E-state index contributed by atoms with van der Waals surface area (Å²) in [5, 5.41) is 14.8. The molecule has 3 heterocycles. The molecule has 2 bridgehead atoms. The third kappa shape index (κ3) is 4.87. The normalized spacial score (nSPS) is 26.9. The number of aryl methyl sites for hydroxylation is 1. The number of aromatic nitrogens is 1. The van der Waals surface area contributed by atoms with Crippen molar-refractivity contribution < 1.29 is 24.0 Å². The fourth-order valence-corrected chi connectivity index (χ4v) is 11.0. The first kappa shape index (κ1) is 29.6. The van der Waals surface area contributed by atoms with E-state index < -0.39 is 16.8 Å². The van der Waals surface area contributed by atoms with Gasteiger partial charge in [0.2, 0.25) is 11.8 Å². The SMILES string of the molecule is Cc1ccc(NC(=O)COc2cccc([C@H]3c4sc(=O)[nH]c4SC4C3[C@H]3C[C@@H]4C4C(=O)N(c5ccc([N+](=O)[O-])cc5)C(=O)C43)c2)cc1. The van der Waals surface area contributed by atoms with Crippen molar-refractivity contribution in [2.45, 2.75) is 29.5 Å². The summed E-state index contributed by atoms with van der Waals surface area (Å²) in [6, 6.07) is 20.6. The second-order valence-electron chi connectivity index (χ2n) is 12.5. The number of carbonyl (C=O) groups excluding carboxylic acids is 3. The molecule has 7 atom stereocenters. The van der Waals surface area contributed by atoms with Gasteiger partial charge in [-0.3, -0.25) is 34.2 Å². The average Bonchev–Trinajstić information content (AvgIpc) is 3.80. The van der Waals surface area contributed by atoms with Crippen LogP contribution in [0.4, 0.5) is 17.1 Å². The molecule has 4 aliphatic rings. The Bertz CT molecular complexity index is 2010. The van der Waals surface area contributed by atoms with Crippen molar-refractivity contribution in [3.63, 3.8) is 0 Å². The van der Waals surface area contributed by atoms with Gasteiger partial charge in [-0.1, -0.05) is 41.2 Å². The first-order valence-corrected chi connectivity index (χ1v) is 17.0. The Morgan fingerprint density at radius 2 is 1.74 bits per heavy atom. The average molecular weight is 669 g/mol. The number of nitro benzene ring substituents is 1. The predicted octanol–water partition coefficient (Wildman–Crippen LogP) is 5.35. The van der Waals surface area contributed by atoms with Crippen molar-refractivity contribution in [3.05, 3.63) is 109 Å². The predicted molar refractivity (Wildman–Crippen MR) is 176 cm³/mol. The number of carbonyl (C=O) groups is 3. The van der Waals surface area contributed by atoms with Crippen LogP contribution in [-0.2, 0) is 14.4 Å². The minimum absolute atomic E-state index is 0.00224. The molecule has 238 valence electrons. The number of ether oxygens (including phenoxy) is 1. The molecule has 0 radical (unpaired) electrons. The lowest BCUT2D eigenvalue weighted by Crippen LogP contribution is -2.42. The van der Waals surface area contributed by atoms with Gasteiger partial charge < -0.3 is 15.0 Å². The van der Waals surface area contributed by atoms with Gasteiger partial charge in [0.25, 0.3) is 11.6 Å². The van der Waals surface area contributed by atoms with E-state index in [2.05, 4.69) is 10.3 Å². The number of nitrogens with one attached hydrogen (secondary N) is 2. The van der Waals surface area contributed by atoms with Crippen molar-refractivity contribution in [1.82, 2.24) is 4.98 Å². The van der Waals surface area contributed by atoms with Crippen molar-refractivity contribution in [1.29, 1.82) is 0 Å². The zero-order valence-electron chi connectivity index (χ0n) is 25.0. The van der Waals surface area contributed by atoms with Crippen LogP contribution in [-0.4, -0.2) is 39.5 Å². The van der Waals surface area contributed by atoms with Crippen LogP contribution in [0.1, 0.15) is 28.3 Å². The van der Waals surface area contributed by atoms with E-state index in [1.54, 1.807) is 17.8 Å². The molecule has 2 saturated carbocycles. The van der Waals surface area contributed by atoms with Gasteiger partial charge >= 0.3 is 4.87 Å². The molecule has 4 unspecified atom stereocenters. The summed E-state index contributed by atoms with van der Waals surface area (Å²) in [6.07, 6.45) is 0.730. The Morgan fingerprint density at radius 1 is 1.02 bits per heavy atom. The molecule has 1 aromatic heterocycles. The molecule has 3 amide bonds. The van der Waals surface area contributed by atoms with Gasteiger partial charge in [-0.05, 0) is 73.1 Å². The standard InChI is InChI=1S/C34H28N4O7S2/c1-16-5-7-18(8-6-16)35-24(39)15-45-21-4-2-3-17(13-21)25-26-22-14-23(29(26)46-31-30(25)47-34(42)36-31)28-27(22)32(40)37(33(28)41)19-9-11-20(12-10-19)38(43)44/h2-13,22-23,25-29H,14-15H2,1H3,(H,35,39)(H,36,42)/t22-,23-,25-,26?,27?,28?,29?/m1/s1. The summed E-state index contributed by atoms with van der Waals surface area (Å²) < 4.78 is 5.92. The number of hydrogen-bond acceptors (Lipinski definition) is 9. The number of rotatable bonds is 7. The quantitative estimate of drug-likeness (QED) is 0.152. The summed E-state index contributed by atoms with van der Waals surface area (Å²) in [6.45, 7) is 1.79. The molecule has 11 nitrogen and oxygen atoms in total. The number of hydrogen-bond donors (Lipinski definition) is 2. The molecule has 2 aliphatic heterocycles. The summed E-state index contributed by atoms with van der Waals surface area (Å²) in [5.74, 6) is -1.69. The molecule has 2 N–H and O–H groups in total. The van der Waals surface area contributed by atoms with E-state index in [-0.39, 0.29) is 63.8 Å². The number of aromatic amines is 1. The number of thioether (sulfide) groups is 1. The summed E-state index contributed by atoms with van der Waals surface area (Å²) >= 11 is 2.77. The molecular formula is C34H28N4O7S2. The minimum atomic E-state index is -0.516. The Hall–Kier alpha value is -4.75. The zero-order chi connectivity index (χ0) is 32.6. The lowest BCUT2D eigenvalue weighted by Gasteiger charge is -2.43. The van der Waals surface area contributed by atoms with Crippen LogP contribution in [0.2, 0.25) is 0 Å². The van der Waals surface area contributed by atoms with Crippen LogP contribution >= 0.6 is 23.1 Å². The number of imide groups is 1. The van der Waals surface area contributed by atoms with Crippen molar-refractivity contribution in [2.24, 2.45) is 29.6 Å². The largest absolute Gasteiger partial charge is 0.484 e. The second-order valence-corrected chi connectivity index (χ2v) is 14.7. The number of non-ortho nitro benzene ring substituents is 1. The fourth-order valence-electron chi connectivity index (χ4n) is 8.15. The van der Waals surface area contributed by atoms with Crippen LogP contribution in [0.15, 0.2) is 82.6 Å². The molecule has 4 aromatic rings. The number of thiazole rings is 1. The minimum Gasteiger partial charge on any atom is -0.484 e. The van der Waals surface area contributed by atoms with Crippen molar-refractivity contribution >= 4 is 57.9 Å². The number of H-pyrrole nitrogens is 1. The Labute approximate surface area is 276 Å². The first-order chi connectivity index (χ1) is 22.7. The molecule has 3 fully saturated rings. The molecule has 2 aliphatic carbocycles. The van der Waals surface area contributed by atoms with Gasteiger partial charge in [0.1, 0.15) is 5.75 Å². The maximum absolute atomic E-state index is 14.0. The monoisotopic (exact) mass is 668 g/mol. The molecule has 3 aromatic carbocycles. The van der Waals surface area contributed by atoms with Crippen molar-refractivity contribution in [3.8, 4) is 5.75 Å². The van der Waals surface area contributed by atoms with E-state index in [4.69, 9.17) is 4.74 Å². The molecule has 8 rings (SSSR count). The second kappa shape index (κ2) is 11.2. The Morgan fingerprint density at radius 3 is 2.47 bits per heavy atom. The number of fused-ring (bicyclic) bond motifs is 9. The van der Waals surface area contributed by atoms with Gasteiger partial charge in [0.15, 0.2) is 6.61 Å². The Kier molecular flexibility index (Phi) is 7.06. The van der Waals surface area contributed by atoms with E-state index in [1.807, 2.05) is 49.4 Å². The lowest BCUT2D eigenvalue weighted by atomic mass is 9.68. The van der Waals surface area contributed by atoms with E-state index >= 15 is 0 Å². The maximum atomic E-state index is 14.0. The van der Waals surface area contributed by atoms with E-state index in [0.29, 0.717) is 17.1 Å². The van der Waals surface area contributed by atoms with Crippen LogP contribution in [0.3, 0.4) is 0 Å². The van der Waals surface area contributed by atoms with Gasteiger partial charge in [-0.2, -0.15) is 0 Å². The van der Waals surface area contributed by atoms with Gasteiger partial charge in [0.05, 0.1) is 27.5 Å². The van der Waals surface area contributed by atoms with Gasteiger partial charge in [-0.15, -0.1) is 11.8 Å². The smallest absolute Gasteiger partial charge is 0.305 e. The Balaban J connectivity index is 1.08. The van der Waals surface area contributed by atoms with Crippen LogP contribution < -0.4 is 19.8 Å². The summed E-state index contributed by atoms with van der Waals surface area (Å²) in [4.78, 5) is 68.7. The molecule has 13 heteroatoms. The number of benzene rings is 3. The van der Waals surface area contributed by atoms with Gasteiger partial charge in [-0.25, -0.2) is 0 Å². The number of nitrogens with zero attached hydrogens (tertiary/aromatic N) is 2. The summed E-state index contributed by atoms with van der Waals surface area (Å²) in [5.41, 5.74) is 2.91. The first-order valence-electron chi connectivity index (χ1n) is 15.3. The third-order valence-electron chi connectivity index (χ3n) is 9.97. The number of anilines is 2. The summed E-state index contributed by atoms with van der Waals surface area (Å²) in [7, 11) is 0. The lowest BCUT2D eigenvalue weighted by molar-refractivity contribution is -0.384. The molecule has 47 heavy (non-hydrogen) atoms. The third-order valence-corrected chi connectivity index (χ3v) is 12.6. The number of nitro groups is 1. The molecular weight excluding hydrogens is 641 g/mol. The van der Waals surface area contributed by atoms with E-state index in [9.17, 15) is 29.3 Å². The fraction of sp³-hybridized carbons (Fsp3) is 0.294. The highest BCUT2D eigenvalue weighted by atomic mass is 32.2. The van der Waals surface area contributed by atoms with E-state index in [1.165, 1.54) is 40.5 Å². The highest BCUT2D eigenvalue weighted by molar-refractivity contribution is 8.00. The van der Waals surface area contributed by atoms with Crippen LogP contribution in [0.25, 0.3) is 0 Å². The maximum Gasteiger partial charge on any atom is 0.305 e. The van der Waals surface area contributed by atoms with Crippen molar-refractivity contribution in [2.75, 3.05) is 16.8 Å². The zero-order valence-corrected chi connectivity index (χ0v) is 26.6.